The van der Waals surface area contributed by atoms with E-state index in [1.165, 1.54) is 0 Å². The van der Waals surface area contributed by atoms with Crippen molar-refractivity contribution in [3.05, 3.63) is 29.5 Å². The first kappa shape index (κ1) is 14.3. The molecule has 3 heterocycles. The van der Waals surface area contributed by atoms with E-state index in [0.717, 1.165) is 22.3 Å². The van der Waals surface area contributed by atoms with Crippen molar-refractivity contribution >= 4 is 23.1 Å². The van der Waals surface area contributed by atoms with Gasteiger partial charge in [0.05, 0.1) is 10.6 Å². The molecular weight excluding hydrogens is 306 g/mol. The molecule has 0 amide bonds. The largest absolute Gasteiger partial charge is 0.444 e. The Labute approximate surface area is 130 Å². The van der Waals surface area contributed by atoms with E-state index < -0.39 is 0 Å². The standard InChI is InChI=1S/C13H15N5OS2/c1-9(2)6-18-13(15-16-17-18)21-8-10-7-19-12(14-10)11-4-3-5-20-11/h3-5,7,9H,6,8H2,1-2H3. The Morgan fingerprint density at radius 1 is 1.43 bits per heavy atom. The zero-order valence-corrected chi connectivity index (χ0v) is 13.4. The monoisotopic (exact) mass is 321 g/mol. The Hall–Kier alpha value is -1.67. The molecule has 0 fully saturated rings. The molecule has 0 aliphatic heterocycles. The minimum atomic E-state index is 0.505. The number of hydrogen-bond acceptors (Lipinski definition) is 7. The van der Waals surface area contributed by atoms with E-state index in [0.29, 0.717) is 17.6 Å². The quantitative estimate of drug-likeness (QED) is 0.649. The first-order valence-electron chi connectivity index (χ1n) is 6.59. The van der Waals surface area contributed by atoms with Gasteiger partial charge in [-0.05, 0) is 27.8 Å². The van der Waals surface area contributed by atoms with Gasteiger partial charge in [0.1, 0.15) is 6.26 Å². The lowest BCUT2D eigenvalue weighted by Crippen LogP contribution is -2.07. The maximum Gasteiger partial charge on any atom is 0.236 e. The molecule has 0 aliphatic carbocycles. The molecule has 3 aromatic rings. The molecule has 0 bridgehead atoms. The van der Waals surface area contributed by atoms with Gasteiger partial charge in [-0.1, -0.05) is 31.7 Å². The number of aromatic nitrogens is 5. The van der Waals surface area contributed by atoms with Gasteiger partial charge in [0.2, 0.25) is 11.0 Å². The maximum absolute atomic E-state index is 5.50. The van der Waals surface area contributed by atoms with Crippen molar-refractivity contribution in [1.29, 1.82) is 0 Å². The Bertz CT molecular complexity index is 689. The Morgan fingerprint density at radius 2 is 2.33 bits per heavy atom. The highest BCUT2D eigenvalue weighted by Gasteiger charge is 2.11. The molecule has 0 spiro atoms. The topological polar surface area (TPSA) is 69.6 Å². The lowest BCUT2D eigenvalue weighted by atomic mass is 10.2. The third kappa shape index (κ3) is 3.51. The van der Waals surface area contributed by atoms with Crippen molar-refractivity contribution in [2.75, 3.05) is 0 Å². The highest BCUT2D eigenvalue weighted by atomic mass is 32.2. The van der Waals surface area contributed by atoms with E-state index in [1.54, 1.807) is 29.4 Å². The van der Waals surface area contributed by atoms with Crippen LogP contribution in [0.1, 0.15) is 19.5 Å². The first-order chi connectivity index (χ1) is 10.2. The molecule has 3 aromatic heterocycles. The summed E-state index contributed by atoms with van der Waals surface area (Å²) in [6.07, 6.45) is 1.69. The number of nitrogens with zero attached hydrogens (tertiary/aromatic N) is 5. The van der Waals surface area contributed by atoms with Crippen molar-refractivity contribution in [2.45, 2.75) is 31.3 Å². The van der Waals surface area contributed by atoms with Gasteiger partial charge >= 0.3 is 0 Å². The molecule has 0 radical (unpaired) electrons. The van der Waals surface area contributed by atoms with Gasteiger partial charge in [-0.15, -0.1) is 16.4 Å². The summed E-state index contributed by atoms with van der Waals surface area (Å²) in [5.74, 6) is 1.86. The van der Waals surface area contributed by atoms with E-state index in [-0.39, 0.29) is 0 Å². The van der Waals surface area contributed by atoms with Gasteiger partial charge in [-0.2, -0.15) is 0 Å². The number of thioether (sulfide) groups is 1. The molecule has 0 N–H and O–H groups in total. The highest BCUT2D eigenvalue weighted by Crippen LogP contribution is 2.26. The van der Waals surface area contributed by atoms with Crippen molar-refractivity contribution in [2.24, 2.45) is 5.92 Å². The van der Waals surface area contributed by atoms with E-state index in [1.807, 2.05) is 22.2 Å². The SMILES string of the molecule is CC(C)Cn1nnnc1SCc1coc(-c2cccs2)n1. The van der Waals surface area contributed by atoms with Crippen LogP contribution < -0.4 is 0 Å². The van der Waals surface area contributed by atoms with Gasteiger partial charge in [-0.3, -0.25) is 0 Å². The molecule has 8 heteroatoms. The molecule has 21 heavy (non-hydrogen) atoms. The van der Waals surface area contributed by atoms with Gasteiger partial charge in [0, 0.05) is 12.3 Å². The summed E-state index contributed by atoms with van der Waals surface area (Å²) in [5.41, 5.74) is 0.891. The molecule has 0 unspecified atom stereocenters. The first-order valence-corrected chi connectivity index (χ1v) is 8.46. The number of thiophene rings is 1. The average Bonchev–Trinajstić information content (AvgIpc) is 3.17. The van der Waals surface area contributed by atoms with Crippen LogP contribution in [0.25, 0.3) is 10.8 Å². The summed E-state index contributed by atoms with van der Waals surface area (Å²) in [6, 6.07) is 3.98. The zero-order chi connectivity index (χ0) is 14.7. The van der Waals surface area contributed by atoms with Gasteiger partial charge < -0.3 is 4.42 Å². The highest BCUT2D eigenvalue weighted by molar-refractivity contribution is 7.98. The van der Waals surface area contributed by atoms with Crippen LogP contribution in [-0.2, 0) is 12.3 Å². The van der Waals surface area contributed by atoms with E-state index >= 15 is 0 Å². The molecule has 0 saturated carbocycles. The fraction of sp³-hybridized carbons (Fsp3) is 0.385. The second-order valence-corrected chi connectivity index (χ2v) is 6.84. The fourth-order valence-electron chi connectivity index (χ4n) is 1.79. The van der Waals surface area contributed by atoms with Crippen molar-refractivity contribution in [1.82, 2.24) is 25.2 Å². The number of rotatable bonds is 6. The second kappa shape index (κ2) is 6.40. The van der Waals surface area contributed by atoms with Gasteiger partial charge in [0.25, 0.3) is 0 Å². The second-order valence-electron chi connectivity index (χ2n) is 4.95. The van der Waals surface area contributed by atoms with E-state index in [9.17, 15) is 0 Å². The Kier molecular flexibility index (Phi) is 4.35. The normalized spacial score (nSPS) is 11.4. The summed E-state index contributed by atoms with van der Waals surface area (Å²) >= 11 is 3.18. The Balaban J connectivity index is 1.64. The lowest BCUT2D eigenvalue weighted by Gasteiger charge is -2.05. The predicted molar refractivity (Wildman–Crippen MR) is 82.0 cm³/mol. The van der Waals surface area contributed by atoms with Crippen LogP contribution in [0.5, 0.6) is 0 Å². The van der Waals surface area contributed by atoms with Crippen LogP contribution in [0.4, 0.5) is 0 Å². The molecule has 6 nitrogen and oxygen atoms in total. The number of hydrogen-bond donors (Lipinski definition) is 0. The van der Waals surface area contributed by atoms with Crippen LogP contribution in [-0.4, -0.2) is 25.2 Å². The molecular formula is C13H15N5OS2. The average molecular weight is 321 g/mol. The van der Waals surface area contributed by atoms with Crippen LogP contribution in [0.3, 0.4) is 0 Å². The Morgan fingerprint density at radius 3 is 3.10 bits per heavy atom. The lowest BCUT2D eigenvalue weighted by molar-refractivity contribution is 0.445. The summed E-state index contributed by atoms with van der Waals surface area (Å²) < 4.78 is 7.33. The molecule has 0 saturated heterocycles. The van der Waals surface area contributed by atoms with Crippen molar-refractivity contribution in [3.8, 4) is 10.8 Å². The maximum atomic E-state index is 5.50. The smallest absolute Gasteiger partial charge is 0.236 e. The molecule has 0 aromatic carbocycles. The van der Waals surface area contributed by atoms with Crippen molar-refractivity contribution < 1.29 is 4.42 Å². The molecule has 110 valence electrons. The summed E-state index contributed by atoms with van der Waals surface area (Å²) in [5, 5.41) is 14.6. The minimum absolute atomic E-state index is 0.505. The van der Waals surface area contributed by atoms with E-state index in [4.69, 9.17) is 4.42 Å². The molecule has 0 atom stereocenters. The van der Waals surface area contributed by atoms with Crippen LogP contribution in [0, 0.1) is 5.92 Å². The van der Waals surface area contributed by atoms with Crippen LogP contribution in [0.15, 0.2) is 33.3 Å². The number of tetrazole rings is 1. The number of oxazole rings is 1. The zero-order valence-electron chi connectivity index (χ0n) is 11.8. The van der Waals surface area contributed by atoms with Crippen LogP contribution >= 0.6 is 23.1 Å². The molecule has 3 rings (SSSR count). The summed E-state index contributed by atoms with van der Waals surface area (Å²) in [4.78, 5) is 5.53. The molecule has 0 aliphatic rings. The van der Waals surface area contributed by atoms with Gasteiger partial charge in [-0.25, -0.2) is 9.67 Å². The van der Waals surface area contributed by atoms with Crippen LogP contribution in [0.2, 0.25) is 0 Å². The van der Waals surface area contributed by atoms with E-state index in [2.05, 4.69) is 34.4 Å². The third-order valence-electron chi connectivity index (χ3n) is 2.67. The van der Waals surface area contributed by atoms with Crippen molar-refractivity contribution in [3.63, 3.8) is 0 Å². The van der Waals surface area contributed by atoms with Gasteiger partial charge in [0.15, 0.2) is 0 Å². The predicted octanol–water partition coefficient (Wildman–Crippen LogP) is 3.34. The summed E-state index contributed by atoms with van der Waals surface area (Å²) in [6.45, 7) is 5.09. The fourth-order valence-corrected chi connectivity index (χ4v) is 3.20. The minimum Gasteiger partial charge on any atom is -0.444 e. The summed E-state index contributed by atoms with van der Waals surface area (Å²) in [7, 11) is 0. The third-order valence-corrected chi connectivity index (χ3v) is 4.52.